The van der Waals surface area contributed by atoms with Gasteiger partial charge in [-0.2, -0.15) is 0 Å². The van der Waals surface area contributed by atoms with Gasteiger partial charge in [0, 0.05) is 12.7 Å². The predicted octanol–water partition coefficient (Wildman–Crippen LogP) is 2.24. The van der Waals surface area contributed by atoms with Crippen LogP contribution in [0.5, 0.6) is 0 Å². The first-order valence-corrected chi connectivity index (χ1v) is 5.88. The summed E-state index contributed by atoms with van der Waals surface area (Å²) in [7, 11) is 0. The summed E-state index contributed by atoms with van der Waals surface area (Å²) in [6.45, 7) is 7.80. The molecule has 1 amide bonds. The molecule has 0 fully saturated rings. The molecule has 0 saturated carbocycles. The molecule has 0 N–H and O–H groups in total. The second kappa shape index (κ2) is 5.71. The van der Waals surface area contributed by atoms with Crippen LogP contribution in [0.1, 0.15) is 27.7 Å². The second-order valence-corrected chi connectivity index (χ2v) is 4.83. The number of carbonyl (C=O) groups is 2. The highest BCUT2D eigenvalue weighted by Crippen LogP contribution is 2.14. The van der Waals surface area contributed by atoms with E-state index in [1.807, 2.05) is 0 Å². The Labute approximate surface area is 107 Å². The molecule has 0 aromatic rings. The molecule has 0 unspecified atom stereocenters. The molecule has 1 aliphatic heterocycles. The molecule has 0 aliphatic carbocycles. The van der Waals surface area contributed by atoms with Crippen LogP contribution in [0.25, 0.3) is 0 Å². The molecule has 1 heterocycles. The lowest BCUT2D eigenvalue weighted by Gasteiger charge is -2.25. The first-order valence-electron chi connectivity index (χ1n) is 5.88. The predicted molar refractivity (Wildman–Crippen MR) is 66.8 cm³/mol. The average Bonchev–Trinajstić information content (AvgIpc) is 2.27. The summed E-state index contributed by atoms with van der Waals surface area (Å²) in [4.78, 5) is 24.5. The fraction of sp³-hybridized carbons (Fsp3) is 0.538. The molecule has 0 bridgehead atoms. The molecule has 5 nitrogen and oxygen atoms in total. The molecular formula is C13H19NO4. The van der Waals surface area contributed by atoms with Gasteiger partial charge in [0.15, 0.2) is 0 Å². The largest absolute Gasteiger partial charge is 0.462 e. The highest BCUT2D eigenvalue weighted by atomic mass is 16.6. The molecule has 1 rings (SSSR count). The van der Waals surface area contributed by atoms with Gasteiger partial charge in [0.25, 0.3) is 0 Å². The van der Waals surface area contributed by atoms with E-state index in [0.29, 0.717) is 18.7 Å². The van der Waals surface area contributed by atoms with Crippen molar-refractivity contribution in [2.75, 3.05) is 13.2 Å². The van der Waals surface area contributed by atoms with Gasteiger partial charge in [0.05, 0.1) is 12.2 Å². The standard InChI is InChI=1S/C13H19NO4/c1-5-17-11(15)10-6-8-14(9-7-10)12(16)18-13(2,3)4/h6-8H,5,9H2,1-4H3. The molecule has 1 aliphatic rings. The monoisotopic (exact) mass is 253 g/mol. The Bertz CT molecular complexity index is 390. The van der Waals surface area contributed by atoms with E-state index in [1.54, 1.807) is 39.8 Å². The van der Waals surface area contributed by atoms with E-state index in [2.05, 4.69) is 0 Å². The van der Waals surface area contributed by atoms with E-state index in [4.69, 9.17) is 9.47 Å². The zero-order chi connectivity index (χ0) is 13.8. The number of rotatable bonds is 2. The number of esters is 1. The molecule has 100 valence electrons. The van der Waals surface area contributed by atoms with Crippen LogP contribution in [-0.2, 0) is 14.3 Å². The van der Waals surface area contributed by atoms with Gasteiger partial charge < -0.3 is 9.47 Å². The zero-order valence-electron chi connectivity index (χ0n) is 11.2. The van der Waals surface area contributed by atoms with Crippen LogP contribution in [0, 0.1) is 0 Å². The Kier molecular flexibility index (Phi) is 4.53. The summed E-state index contributed by atoms with van der Waals surface area (Å²) in [5.41, 5.74) is -0.0765. The summed E-state index contributed by atoms with van der Waals surface area (Å²) in [6, 6.07) is 0. The molecule has 0 aromatic heterocycles. The zero-order valence-corrected chi connectivity index (χ0v) is 11.2. The Balaban J connectivity index is 2.56. The Morgan fingerprint density at radius 2 is 2.06 bits per heavy atom. The maximum atomic E-state index is 11.7. The maximum absolute atomic E-state index is 11.7. The SMILES string of the molecule is CCOC(=O)C1=CCN(C(=O)OC(C)(C)C)C=C1. The second-order valence-electron chi connectivity index (χ2n) is 4.83. The Morgan fingerprint density at radius 1 is 1.39 bits per heavy atom. The Morgan fingerprint density at radius 3 is 2.50 bits per heavy atom. The number of amides is 1. The van der Waals surface area contributed by atoms with Crippen LogP contribution in [0.4, 0.5) is 4.79 Å². The van der Waals surface area contributed by atoms with Crippen LogP contribution in [0.2, 0.25) is 0 Å². The van der Waals surface area contributed by atoms with Crippen molar-refractivity contribution in [1.29, 1.82) is 0 Å². The van der Waals surface area contributed by atoms with Crippen molar-refractivity contribution in [1.82, 2.24) is 4.90 Å². The lowest BCUT2D eigenvalue weighted by atomic mass is 10.2. The van der Waals surface area contributed by atoms with Crippen LogP contribution in [-0.4, -0.2) is 35.7 Å². The van der Waals surface area contributed by atoms with Crippen LogP contribution in [0.15, 0.2) is 23.9 Å². The van der Waals surface area contributed by atoms with Gasteiger partial charge in [-0.3, -0.25) is 4.90 Å². The van der Waals surface area contributed by atoms with Gasteiger partial charge in [0.2, 0.25) is 0 Å². The lowest BCUT2D eigenvalue weighted by Crippen LogP contribution is -2.34. The van der Waals surface area contributed by atoms with Crippen molar-refractivity contribution in [2.45, 2.75) is 33.3 Å². The summed E-state index contributed by atoms with van der Waals surface area (Å²) in [5, 5.41) is 0. The average molecular weight is 253 g/mol. The van der Waals surface area contributed by atoms with Crippen molar-refractivity contribution in [2.24, 2.45) is 0 Å². The first kappa shape index (κ1) is 14.3. The third kappa shape index (κ3) is 4.24. The normalized spacial score (nSPS) is 15.1. The molecule has 0 spiro atoms. The molecular weight excluding hydrogens is 234 g/mol. The van der Waals surface area contributed by atoms with E-state index < -0.39 is 11.7 Å². The number of nitrogens with zero attached hydrogens (tertiary/aromatic N) is 1. The van der Waals surface area contributed by atoms with E-state index in [0.717, 1.165) is 0 Å². The van der Waals surface area contributed by atoms with Crippen molar-refractivity contribution < 1.29 is 19.1 Å². The smallest absolute Gasteiger partial charge is 0.414 e. The highest BCUT2D eigenvalue weighted by Gasteiger charge is 2.22. The van der Waals surface area contributed by atoms with E-state index in [1.165, 1.54) is 11.1 Å². The maximum Gasteiger partial charge on any atom is 0.414 e. The topological polar surface area (TPSA) is 55.8 Å². The minimum atomic E-state index is -0.532. The van der Waals surface area contributed by atoms with Gasteiger partial charge in [-0.15, -0.1) is 0 Å². The molecule has 0 saturated heterocycles. The van der Waals surface area contributed by atoms with Gasteiger partial charge in [-0.25, -0.2) is 9.59 Å². The van der Waals surface area contributed by atoms with Crippen LogP contribution >= 0.6 is 0 Å². The summed E-state index contributed by atoms with van der Waals surface area (Å²) in [5.74, 6) is -0.377. The molecule has 0 aromatic carbocycles. The van der Waals surface area contributed by atoms with Crippen molar-refractivity contribution in [3.63, 3.8) is 0 Å². The fourth-order valence-electron chi connectivity index (χ4n) is 1.32. The van der Waals surface area contributed by atoms with Crippen molar-refractivity contribution in [3.8, 4) is 0 Å². The molecule has 0 radical (unpaired) electrons. The first-order chi connectivity index (χ1) is 8.33. The quantitative estimate of drug-likeness (QED) is 0.708. The minimum absolute atomic E-state index is 0.305. The number of carbonyl (C=O) groups excluding carboxylic acids is 2. The van der Waals surface area contributed by atoms with Crippen molar-refractivity contribution >= 4 is 12.1 Å². The minimum Gasteiger partial charge on any atom is -0.462 e. The van der Waals surface area contributed by atoms with Crippen LogP contribution in [0.3, 0.4) is 0 Å². The number of hydrogen-bond acceptors (Lipinski definition) is 4. The van der Waals surface area contributed by atoms with Gasteiger partial charge in [-0.1, -0.05) is 6.08 Å². The van der Waals surface area contributed by atoms with Crippen molar-refractivity contribution in [3.05, 3.63) is 23.9 Å². The van der Waals surface area contributed by atoms with E-state index >= 15 is 0 Å². The molecule has 0 atom stereocenters. The van der Waals surface area contributed by atoms with Gasteiger partial charge in [0.1, 0.15) is 5.60 Å². The lowest BCUT2D eigenvalue weighted by molar-refractivity contribution is -0.138. The number of ether oxygens (including phenoxy) is 2. The Hall–Kier alpha value is -1.78. The summed E-state index contributed by atoms with van der Waals surface area (Å²) in [6.07, 6.45) is 4.28. The third-order valence-electron chi connectivity index (χ3n) is 2.08. The summed E-state index contributed by atoms with van der Waals surface area (Å²) < 4.78 is 10.1. The van der Waals surface area contributed by atoms with Gasteiger partial charge in [-0.05, 0) is 33.8 Å². The molecule has 18 heavy (non-hydrogen) atoms. The van der Waals surface area contributed by atoms with E-state index in [-0.39, 0.29) is 5.97 Å². The van der Waals surface area contributed by atoms with Gasteiger partial charge >= 0.3 is 12.1 Å². The summed E-state index contributed by atoms with van der Waals surface area (Å²) >= 11 is 0. The number of hydrogen-bond donors (Lipinski definition) is 0. The highest BCUT2D eigenvalue weighted by molar-refractivity contribution is 5.92. The molecule has 5 heteroatoms. The van der Waals surface area contributed by atoms with Crippen LogP contribution < -0.4 is 0 Å². The van der Waals surface area contributed by atoms with E-state index in [9.17, 15) is 9.59 Å². The third-order valence-corrected chi connectivity index (χ3v) is 2.08. The fourth-order valence-corrected chi connectivity index (χ4v) is 1.32.